The molecule has 1 fully saturated rings. The summed E-state index contributed by atoms with van der Waals surface area (Å²) < 4.78 is 0. The Bertz CT molecular complexity index is 535. The van der Waals surface area contributed by atoms with Crippen molar-refractivity contribution in [3.8, 4) is 0 Å². The topological polar surface area (TPSA) is 52.7 Å². The lowest BCUT2D eigenvalue weighted by atomic mass is 10.1. The second-order valence-corrected chi connectivity index (χ2v) is 6.77. The summed E-state index contributed by atoms with van der Waals surface area (Å²) in [7, 11) is 0. The molecule has 1 N–H and O–H groups in total. The molecule has 0 saturated carbocycles. The monoisotopic (exact) mass is 307 g/mol. The molecule has 0 unspecified atom stereocenters. The van der Waals surface area contributed by atoms with Gasteiger partial charge in [0.2, 0.25) is 5.91 Å². The molecule has 21 heavy (non-hydrogen) atoms. The van der Waals surface area contributed by atoms with Crippen LogP contribution in [0.2, 0.25) is 0 Å². The number of carbonyl (C=O) groups is 2. The first-order valence-electron chi connectivity index (χ1n) is 7.49. The summed E-state index contributed by atoms with van der Waals surface area (Å²) in [6, 6.07) is 2.34. The van der Waals surface area contributed by atoms with E-state index >= 15 is 0 Å². The first kappa shape index (κ1) is 14.4. The number of urea groups is 1. The third-order valence-electron chi connectivity index (χ3n) is 4.36. The molecule has 0 aromatic carbocycles. The van der Waals surface area contributed by atoms with Crippen molar-refractivity contribution in [3.05, 3.63) is 21.9 Å². The van der Waals surface area contributed by atoms with Crippen LogP contribution in [0.4, 0.5) is 4.79 Å². The number of carbonyl (C=O) groups excluding carboxylic acids is 2. The number of likely N-dealkylation sites (tertiary alicyclic amines) is 1. The minimum atomic E-state index is 0.0353. The maximum Gasteiger partial charge on any atom is 0.317 e. The molecule has 0 atom stereocenters. The van der Waals surface area contributed by atoms with Gasteiger partial charge in [-0.15, -0.1) is 11.3 Å². The highest BCUT2D eigenvalue weighted by Gasteiger charge is 2.26. The minimum absolute atomic E-state index is 0.0353. The van der Waals surface area contributed by atoms with E-state index in [-0.39, 0.29) is 18.0 Å². The van der Waals surface area contributed by atoms with Crippen LogP contribution in [0.15, 0.2) is 11.4 Å². The van der Waals surface area contributed by atoms with Gasteiger partial charge in [0, 0.05) is 44.0 Å². The van der Waals surface area contributed by atoms with Crippen LogP contribution in [-0.4, -0.2) is 47.4 Å². The molecule has 1 aromatic rings. The summed E-state index contributed by atoms with van der Waals surface area (Å²) in [6.07, 6.45) is 2.66. The van der Waals surface area contributed by atoms with Crippen molar-refractivity contribution >= 4 is 23.3 Å². The Morgan fingerprint density at radius 3 is 2.71 bits per heavy atom. The Kier molecular flexibility index (Phi) is 4.14. The number of piperidine rings is 1. The van der Waals surface area contributed by atoms with E-state index in [0.717, 1.165) is 45.4 Å². The van der Waals surface area contributed by atoms with E-state index in [1.165, 1.54) is 10.4 Å². The Hall–Kier alpha value is -1.56. The van der Waals surface area contributed by atoms with Gasteiger partial charge < -0.3 is 15.1 Å². The number of nitrogens with zero attached hydrogens (tertiary/aromatic N) is 2. The average molecular weight is 307 g/mol. The van der Waals surface area contributed by atoms with Gasteiger partial charge in [-0.25, -0.2) is 4.79 Å². The fourth-order valence-electron chi connectivity index (χ4n) is 3.03. The minimum Gasteiger partial charge on any atom is -0.343 e. The predicted octanol–water partition coefficient (Wildman–Crippen LogP) is 1.83. The van der Waals surface area contributed by atoms with Crippen LogP contribution >= 0.6 is 11.3 Å². The molecular weight excluding hydrogens is 286 g/mol. The van der Waals surface area contributed by atoms with Crippen molar-refractivity contribution in [3.63, 3.8) is 0 Å². The highest BCUT2D eigenvalue weighted by molar-refractivity contribution is 7.10. The molecule has 3 heterocycles. The lowest BCUT2D eigenvalue weighted by Crippen LogP contribution is -2.50. The molecule has 5 nitrogen and oxygen atoms in total. The van der Waals surface area contributed by atoms with Crippen LogP contribution in [0.25, 0.3) is 0 Å². The molecule has 1 aromatic heterocycles. The molecule has 3 amide bonds. The van der Waals surface area contributed by atoms with Gasteiger partial charge in [-0.3, -0.25) is 4.79 Å². The Morgan fingerprint density at radius 1 is 1.24 bits per heavy atom. The summed E-state index contributed by atoms with van der Waals surface area (Å²) in [4.78, 5) is 28.8. The zero-order valence-corrected chi connectivity index (χ0v) is 13.1. The number of hydrogen-bond acceptors (Lipinski definition) is 3. The second kappa shape index (κ2) is 6.05. The van der Waals surface area contributed by atoms with E-state index in [1.54, 1.807) is 18.3 Å². The van der Waals surface area contributed by atoms with Gasteiger partial charge in [0.1, 0.15) is 0 Å². The fourth-order valence-corrected chi connectivity index (χ4v) is 3.92. The zero-order valence-electron chi connectivity index (χ0n) is 12.3. The summed E-state index contributed by atoms with van der Waals surface area (Å²) in [5, 5.41) is 5.22. The number of thiophene rings is 1. The lowest BCUT2D eigenvalue weighted by Gasteiger charge is -2.34. The van der Waals surface area contributed by atoms with Crippen molar-refractivity contribution in [2.75, 3.05) is 19.6 Å². The normalized spacial score (nSPS) is 19.3. The van der Waals surface area contributed by atoms with E-state index in [1.807, 2.05) is 9.80 Å². The van der Waals surface area contributed by atoms with E-state index in [2.05, 4.69) is 16.8 Å². The number of amides is 3. The Morgan fingerprint density at radius 2 is 2.00 bits per heavy atom. The maximum atomic E-state index is 12.4. The molecule has 2 aliphatic heterocycles. The second-order valence-electron chi connectivity index (χ2n) is 5.77. The third-order valence-corrected chi connectivity index (χ3v) is 5.39. The lowest BCUT2D eigenvalue weighted by molar-refractivity contribution is -0.129. The van der Waals surface area contributed by atoms with Gasteiger partial charge in [0.15, 0.2) is 0 Å². The number of hydrogen-bond donors (Lipinski definition) is 1. The molecule has 0 bridgehead atoms. The molecule has 1 saturated heterocycles. The summed E-state index contributed by atoms with van der Waals surface area (Å²) in [5.41, 5.74) is 1.28. The molecular formula is C15H21N3O2S. The first-order valence-corrected chi connectivity index (χ1v) is 8.37. The molecule has 2 aliphatic rings. The van der Waals surface area contributed by atoms with Crippen LogP contribution in [0.3, 0.4) is 0 Å². The fraction of sp³-hybridized carbons (Fsp3) is 0.600. The largest absolute Gasteiger partial charge is 0.343 e. The zero-order chi connectivity index (χ0) is 14.8. The van der Waals surface area contributed by atoms with Crippen molar-refractivity contribution in [1.29, 1.82) is 0 Å². The highest BCUT2D eigenvalue weighted by Crippen LogP contribution is 2.24. The van der Waals surface area contributed by atoms with E-state index in [9.17, 15) is 9.59 Å². The van der Waals surface area contributed by atoms with Crippen molar-refractivity contribution in [2.45, 2.75) is 38.8 Å². The van der Waals surface area contributed by atoms with Crippen molar-refractivity contribution in [2.24, 2.45) is 0 Å². The predicted molar refractivity (Wildman–Crippen MR) is 82.2 cm³/mol. The Labute approximate surface area is 128 Å². The van der Waals surface area contributed by atoms with Gasteiger partial charge in [-0.2, -0.15) is 0 Å². The smallest absolute Gasteiger partial charge is 0.317 e. The average Bonchev–Trinajstić information content (AvgIpc) is 2.95. The van der Waals surface area contributed by atoms with Crippen LogP contribution in [0.1, 0.15) is 30.2 Å². The molecule has 0 aliphatic carbocycles. The van der Waals surface area contributed by atoms with Gasteiger partial charge in [0.25, 0.3) is 0 Å². The van der Waals surface area contributed by atoms with Crippen molar-refractivity contribution < 1.29 is 9.59 Å². The SMILES string of the molecule is CC(=O)N1CCC(NC(=O)N2CCc3sccc3C2)CC1. The molecule has 0 radical (unpaired) electrons. The summed E-state index contributed by atoms with van der Waals surface area (Å²) in [6.45, 7) is 4.61. The maximum absolute atomic E-state index is 12.4. The van der Waals surface area contributed by atoms with E-state index < -0.39 is 0 Å². The van der Waals surface area contributed by atoms with Gasteiger partial charge >= 0.3 is 6.03 Å². The van der Waals surface area contributed by atoms with Crippen molar-refractivity contribution in [1.82, 2.24) is 15.1 Å². The van der Waals surface area contributed by atoms with Gasteiger partial charge in [-0.1, -0.05) is 0 Å². The molecule has 6 heteroatoms. The standard InChI is InChI=1S/C15H21N3O2S/c1-11(19)17-6-2-13(3-7-17)16-15(20)18-8-4-14-12(10-18)5-9-21-14/h5,9,13H,2-4,6-8,10H2,1H3,(H,16,20). The van der Waals surface area contributed by atoms with Crippen LogP contribution in [0.5, 0.6) is 0 Å². The van der Waals surface area contributed by atoms with Crippen LogP contribution in [-0.2, 0) is 17.8 Å². The first-order chi connectivity index (χ1) is 10.1. The van der Waals surface area contributed by atoms with Gasteiger partial charge in [0.05, 0.1) is 0 Å². The molecule has 3 rings (SSSR count). The number of rotatable bonds is 1. The van der Waals surface area contributed by atoms with Gasteiger partial charge in [-0.05, 0) is 36.3 Å². The van der Waals surface area contributed by atoms with E-state index in [0.29, 0.717) is 0 Å². The molecule has 114 valence electrons. The third kappa shape index (κ3) is 3.20. The Balaban J connectivity index is 1.50. The van der Waals surface area contributed by atoms with Crippen LogP contribution < -0.4 is 5.32 Å². The number of nitrogens with one attached hydrogen (secondary N) is 1. The number of fused-ring (bicyclic) bond motifs is 1. The summed E-state index contributed by atoms with van der Waals surface area (Å²) in [5.74, 6) is 0.126. The highest BCUT2D eigenvalue weighted by atomic mass is 32.1. The van der Waals surface area contributed by atoms with E-state index in [4.69, 9.17) is 0 Å². The quantitative estimate of drug-likeness (QED) is 0.860. The van der Waals surface area contributed by atoms with Crippen LogP contribution in [0, 0.1) is 0 Å². The summed E-state index contributed by atoms with van der Waals surface area (Å²) >= 11 is 1.78. The molecule has 0 spiro atoms.